The van der Waals surface area contributed by atoms with Crippen molar-refractivity contribution in [1.29, 1.82) is 0 Å². The molecule has 12 atom stereocenters. The fourth-order valence-corrected chi connectivity index (χ4v) is 7.00. The topological polar surface area (TPSA) is 178 Å². The highest BCUT2D eigenvalue weighted by Crippen LogP contribution is 2.42. The Morgan fingerprint density at radius 1 is 1.06 bits per heavy atom. The van der Waals surface area contributed by atoms with Gasteiger partial charge in [0.05, 0.1) is 25.4 Å². The Labute approximate surface area is 302 Å². The standard InChI is InChI=1S/C39H60O12/c1-21(2)36-26(7)31(49-33(42)16-15-32(40)41)20-39(46,51-36)28(9)35(44)27(8)37-29(47-10)14-12-13-22(3)17-24(5)34(43)25(6)18-23(4)19-30(48-11)38(45)50-37/h12-16,18-19,21,24-29,31,34-37,43-44,46H,17,20H2,1-11H3,(H,40,41)/b14-12+,16-15+,22-13+,23-18+,30-19-/t24-,25+,26-,27-,28+,29+,31+,34-,35+,36+,37+,39+/m1/s1. The van der Waals surface area contributed by atoms with Crippen molar-refractivity contribution in [2.45, 2.75) is 118 Å². The zero-order valence-electron chi connectivity index (χ0n) is 31.9. The van der Waals surface area contributed by atoms with E-state index in [1.807, 2.05) is 53.7 Å². The largest absolute Gasteiger partial charge is 0.490 e. The second kappa shape index (κ2) is 19.5. The molecule has 2 rings (SSSR count). The number of carbonyl (C=O) groups excluding carboxylic acids is 2. The summed E-state index contributed by atoms with van der Waals surface area (Å²) in [7, 11) is 2.80. The van der Waals surface area contributed by atoms with Gasteiger partial charge in [0.2, 0.25) is 5.76 Å². The van der Waals surface area contributed by atoms with Crippen molar-refractivity contribution in [1.82, 2.24) is 0 Å². The fraction of sp³-hybridized carbons (Fsp3) is 0.667. The zero-order valence-corrected chi connectivity index (χ0v) is 31.9. The first-order valence-electron chi connectivity index (χ1n) is 17.7. The summed E-state index contributed by atoms with van der Waals surface area (Å²) in [5.74, 6) is -7.68. The molecule has 0 aromatic heterocycles. The number of rotatable bonds is 10. The van der Waals surface area contributed by atoms with Crippen LogP contribution in [0.2, 0.25) is 0 Å². The number of ether oxygens (including phenoxy) is 5. The first-order valence-corrected chi connectivity index (χ1v) is 17.7. The van der Waals surface area contributed by atoms with Crippen LogP contribution in [0, 0.1) is 35.5 Å². The smallest absolute Gasteiger partial charge is 0.373 e. The van der Waals surface area contributed by atoms with Crippen molar-refractivity contribution in [3.05, 3.63) is 59.4 Å². The summed E-state index contributed by atoms with van der Waals surface area (Å²) in [6.07, 6.45) is 5.37. The lowest BCUT2D eigenvalue weighted by Gasteiger charge is -2.50. The average Bonchev–Trinajstić information content (AvgIpc) is 3.06. The minimum atomic E-state index is -1.99. The summed E-state index contributed by atoms with van der Waals surface area (Å²) in [4.78, 5) is 37.1. The van der Waals surface area contributed by atoms with Crippen LogP contribution in [0.3, 0.4) is 0 Å². The Kier molecular flexibility index (Phi) is 16.8. The van der Waals surface area contributed by atoms with Gasteiger partial charge in [-0.2, -0.15) is 0 Å². The molecular weight excluding hydrogens is 660 g/mol. The van der Waals surface area contributed by atoms with Gasteiger partial charge in [-0.15, -0.1) is 0 Å². The Bertz CT molecular complexity index is 1350. The number of aliphatic carboxylic acids is 1. The van der Waals surface area contributed by atoms with E-state index in [4.69, 9.17) is 28.8 Å². The lowest BCUT2D eigenvalue weighted by atomic mass is 9.76. The summed E-state index contributed by atoms with van der Waals surface area (Å²) in [6, 6.07) is 0. The van der Waals surface area contributed by atoms with Crippen LogP contribution in [0.5, 0.6) is 0 Å². The lowest BCUT2D eigenvalue weighted by Crippen LogP contribution is -2.59. The molecule has 1 saturated heterocycles. The summed E-state index contributed by atoms with van der Waals surface area (Å²) < 4.78 is 29.1. The molecule has 0 aliphatic carbocycles. The minimum Gasteiger partial charge on any atom is -0.490 e. The Morgan fingerprint density at radius 2 is 1.71 bits per heavy atom. The van der Waals surface area contributed by atoms with E-state index in [2.05, 4.69) is 0 Å². The maximum atomic E-state index is 13.6. The molecule has 0 radical (unpaired) electrons. The van der Waals surface area contributed by atoms with E-state index in [0.717, 1.165) is 11.6 Å². The number of allylic oxidation sites excluding steroid dienone is 5. The van der Waals surface area contributed by atoms with Crippen LogP contribution in [0.1, 0.15) is 75.2 Å². The lowest BCUT2D eigenvalue weighted by molar-refractivity contribution is -0.329. The Hall–Kier alpha value is -3.29. The molecule has 0 aromatic carbocycles. The normalized spacial score (nSPS) is 37.1. The maximum Gasteiger partial charge on any atom is 0.373 e. The van der Waals surface area contributed by atoms with Gasteiger partial charge in [0.15, 0.2) is 5.79 Å². The van der Waals surface area contributed by atoms with E-state index < -0.39 is 72.2 Å². The molecule has 12 nitrogen and oxygen atoms in total. The maximum absolute atomic E-state index is 13.6. The van der Waals surface area contributed by atoms with Gasteiger partial charge in [0.1, 0.15) is 18.3 Å². The number of carboxylic acids is 1. The second-order valence-electron chi connectivity index (χ2n) is 14.6. The van der Waals surface area contributed by atoms with Gasteiger partial charge in [-0.1, -0.05) is 83.9 Å². The van der Waals surface area contributed by atoms with Gasteiger partial charge in [-0.25, -0.2) is 14.4 Å². The summed E-state index contributed by atoms with van der Waals surface area (Å²) >= 11 is 0. The number of hydrogen-bond donors (Lipinski definition) is 4. The molecule has 2 aliphatic heterocycles. The molecule has 2 heterocycles. The van der Waals surface area contributed by atoms with E-state index in [9.17, 15) is 29.7 Å². The van der Waals surface area contributed by atoms with Crippen molar-refractivity contribution in [3.8, 4) is 0 Å². The molecular formula is C39H60O12. The van der Waals surface area contributed by atoms with Crippen LogP contribution in [0.15, 0.2) is 59.4 Å². The molecule has 51 heavy (non-hydrogen) atoms. The first-order chi connectivity index (χ1) is 23.8. The number of methoxy groups -OCH3 is 2. The Morgan fingerprint density at radius 3 is 2.27 bits per heavy atom. The van der Waals surface area contributed by atoms with Crippen LogP contribution >= 0.6 is 0 Å². The van der Waals surface area contributed by atoms with Crippen molar-refractivity contribution in [3.63, 3.8) is 0 Å². The third-order valence-electron chi connectivity index (χ3n) is 10.1. The number of aliphatic hydroxyl groups is 3. The van der Waals surface area contributed by atoms with Gasteiger partial charge < -0.3 is 44.1 Å². The van der Waals surface area contributed by atoms with Crippen molar-refractivity contribution < 1.29 is 58.5 Å². The molecule has 12 heteroatoms. The van der Waals surface area contributed by atoms with E-state index in [-0.39, 0.29) is 35.9 Å². The van der Waals surface area contributed by atoms with E-state index in [1.54, 1.807) is 32.9 Å². The number of carboxylic acid groups (broad SMARTS) is 1. The van der Waals surface area contributed by atoms with Crippen molar-refractivity contribution in [2.75, 3.05) is 14.2 Å². The highest BCUT2D eigenvalue weighted by atomic mass is 16.6. The molecule has 0 saturated carbocycles. The van der Waals surface area contributed by atoms with Gasteiger partial charge in [-0.05, 0) is 38.2 Å². The molecule has 4 N–H and O–H groups in total. The third kappa shape index (κ3) is 12.1. The molecule has 0 unspecified atom stereocenters. The predicted molar refractivity (Wildman–Crippen MR) is 191 cm³/mol. The molecule has 0 aromatic rings. The monoisotopic (exact) mass is 720 g/mol. The first kappa shape index (κ1) is 43.9. The highest BCUT2D eigenvalue weighted by molar-refractivity contribution is 5.90. The number of aliphatic hydroxyl groups excluding tert-OH is 2. The minimum absolute atomic E-state index is 0.0458. The molecule has 0 bridgehead atoms. The second-order valence-corrected chi connectivity index (χ2v) is 14.6. The molecule has 0 spiro atoms. The number of esters is 2. The van der Waals surface area contributed by atoms with Gasteiger partial charge in [-0.3, -0.25) is 0 Å². The number of cyclic esters (lactones) is 1. The average molecular weight is 721 g/mol. The van der Waals surface area contributed by atoms with Crippen LogP contribution in [0.4, 0.5) is 0 Å². The highest BCUT2D eigenvalue weighted by Gasteiger charge is 2.53. The predicted octanol–water partition coefficient (Wildman–Crippen LogP) is 4.88. The van der Waals surface area contributed by atoms with Gasteiger partial charge in [0, 0.05) is 49.4 Å². The summed E-state index contributed by atoms with van der Waals surface area (Å²) in [6.45, 7) is 16.5. The number of hydrogen-bond acceptors (Lipinski definition) is 11. The zero-order chi connectivity index (χ0) is 38.8. The van der Waals surface area contributed by atoms with Crippen molar-refractivity contribution >= 4 is 17.9 Å². The molecule has 1 fully saturated rings. The fourth-order valence-electron chi connectivity index (χ4n) is 7.00. The summed E-state index contributed by atoms with van der Waals surface area (Å²) in [5.41, 5.74) is 1.70. The van der Waals surface area contributed by atoms with Gasteiger partial charge in [0.25, 0.3) is 0 Å². The van der Waals surface area contributed by atoms with Crippen LogP contribution in [-0.4, -0.2) is 95.0 Å². The van der Waals surface area contributed by atoms with E-state index >= 15 is 0 Å². The van der Waals surface area contributed by atoms with E-state index in [1.165, 1.54) is 20.3 Å². The van der Waals surface area contributed by atoms with Crippen molar-refractivity contribution in [2.24, 2.45) is 35.5 Å². The van der Waals surface area contributed by atoms with Crippen LogP contribution in [0.25, 0.3) is 0 Å². The summed E-state index contributed by atoms with van der Waals surface area (Å²) in [5, 5.41) is 43.8. The number of carbonyl (C=O) groups is 3. The van der Waals surface area contributed by atoms with E-state index in [0.29, 0.717) is 18.1 Å². The Balaban J connectivity index is 2.55. The SMILES string of the molecule is CO/C1=C\C(C)=C\[C@H](C)[C@H](O)[C@H](C)C/C(C)=C/C=C/[C@H](OC)[C@H]([C@H](C)[C@H](O)[C@H](C)[C@]2(O)C[C@H](OC(=O)/C=C/C(=O)O)[C@@H](C)[C@H](C(C)C)O2)OC1=O. The third-order valence-corrected chi connectivity index (χ3v) is 10.1. The van der Waals surface area contributed by atoms with Gasteiger partial charge >= 0.3 is 17.9 Å². The molecule has 288 valence electrons. The van der Waals surface area contributed by atoms with Crippen LogP contribution in [-0.2, 0) is 38.1 Å². The molecule has 0 amide bonds. The quantitative estimate of drug-likeness (QED) is 0.178. The molecule has 2 aliphatic rings. The van der Waals surface area contributed by atoms with Crippen LogP contribution < -0.4 is 0 Å².